The lowest BCUT2D eigenvalue weighted by Gasteiger charge is -2.28. The summed E-state index contributed by atoms with van der Waals surface area (Å²) in [4.78, 5) is 26.8. The number of hydrogen-bond donors (Lipinski definition) is 2. The minimum Gasteiger partial charge on any atom is -0.352 e. The Morgan fingerprint density at radius 2 is 1.92 bits per heavy atom. The van der Waals surface area contributed by atoms with Crippen molar-refractivity contribution in [3.8, 4) is 0 Å². The molecule has 26 heavy (non-hydrogen) atoms. The average Bonchev–Trinajstić information content (AvgIpc) is 3.13. The number of amides is 2. The zero-order valence-electron chi connectivity index (χ0n) is 16.6. The normalized spacial score (nSPS) is 17.2. The third-order valence-electron chi connectivity index (χ3n) is 4.90. The molecule has 1 aromatic rings. The van der Waals surface area contributed by atoms with Gasteiger partial charge in [-0.05, 0) is 42.5 Å². The van der Waals surface area contributed by atoms with Crippen LogP contribution in [0.5, 0.6) is 0 Å². The zero-order chi connectivity index (χ0) is 19.2. The lowest BCUT2D eigenvalue weighted by molar-refractivity contribution is -0.133. The van der Waals surface area contributed by atoms with Crippen LogP contribution in [-0.2, 0) is 10.2 Å². The summed E-state index contributed by atoms with van der Waals surface area (Å²) in [7, 11) is 0. The van der Waals surface area contributed by atoms with Crippen molar-refractivity contribution in [2.75, 3.05) is 26.2 Å². The Morgan fingerprint density at radius 1 is 1.23 bits per heavy atom. The van der Waals surface area contributed by atoms with Gasteiger partial charge < -0.3 is 15.5 Å². The molecule has 1 aliphatic heterocycles. The summed E-state index contributed by atoms with van der Waals surface area (Å²) in [6.45, 7) is 11.5. The van der Waals surface area contributed by atoms with Crippen LogP contribution < -0.4 is 10.6 Å². The molecule has 2 rings (SSSR count). The van der Waals surface area contributed by atoms with E-state index in [-0.39, 0.29) is 17.2 Å². The quantitative estimate of drug-likeness (QED) is 0.787. The largest absolute Gasteiger partial charge is 0.352 e. The van der Waals surface area contributed by atoms with Gasteiger partial charge in [-0.3, -0.25) is 9.59 Å². The molecule has 1 aromatic carbocycles. The molecule has 1 fully saturated rings. The van der Waals surface area contributed by atoms with Crippen molar-refractivity contribution in [1.82, 2.24) is 15.5 Å². The molecule has 5 nitrogen and oxygen atoms in total. The summed E-state index contributed by atoms with van der Waals surface area (Å²) in [5.74, 6) is 0.00626. The monoisotopic (exact) mass is 359 g/mol. The van der Waals surface area contributed by atoms with Gasteiger partial charge in [0.15, 0.2) is 0 Å². The standard InChI is InChI=1S/C21H33N3O2/c1-5-14-24(18-10-12-22-15-18)19(25)11-13-23-20(26)16-6-8-17(9-7-16)21(2,3)4/h6-9,18,22H,5,10-15H2,1-4H3,(H,23,26). The van der Waals surface area contributed by atoms with E-state index in [0.29, 0.717) is 24.6 Å². The summed E-state index contributed by atoms with van der Waals surface area (Å²) >= 11 is 0. The van der Waals surface area contributed by atoms with Crippen LogP contribution in [0.4, 0.5) is 0 Å². The van der Waals surface area contributed by atoms with Crippen LogP contribution in [0.2, 0.25) is 0 Å². The average molecular weight is 360 g/mol. The van der Waals surface area contributed by atoms with E-state index in [4.69, 9.17) is 0 Å². The van der Waals surface area contributed by atoms with Gasteiger partial charge in [0.1, 0.15) is 0 Å². The number of rotatable bonds is 7. The first kappa shape index (κ1) is 20.4. The van der Waals surface area contributed by atoms with Crippen molar-refractivity contribution in [2.45, 2.75) is 58.4 Å². The highest BCUT2D eigenvalue weighted by atomic mass is 16.2. The van der Waals surface area contributed by atoms with Crippen LogP contribution in [0.1, 0.15) is 62.9 Å². The van der Waals surface area contributed by atoms with E-state index in [0.717, 1.165) is 32.5 Å². The Labute approximate surface area is 157 Å². The van der Waals surface area contributed by atoms with Crippen molar-refractivity contribution in [3.05, 3.63) is 35.4 Å². The smallest absolute Gasteiger partial charge is 0.251 e. The zero-order valence-corrected chi connectivity index (χ0v) is 16.6. The predicted molar refractivity (Wildman–Crippen MR) is 105 cm³/mol. The molecule has 0 saturated carbocycles. The molecule has 0 bridgehead atoms. The molecule has 1 saturated heterocycles. The molecule has 1 aliphatic rings. The van der Waals surface area contributed by atoms with Gasteiger partial charge in [0.2, 0.25) is 5.91 Å². The molecule has 5 heteroatoms. The second-order valence-corrected chi connectivity index (χ2v) is 8.07. The lowest BCUT2D eigenvalue weighted by Crippen LogP contribution is -2.43. The van der Waals surface area contributed by atoms with Crippen molar-refractivity contribution in [2.24, 2.45) is 0 Å². The Bertz CT molecular complexity index is 599. The Hall–Kier alpha value is -1.88. The van der Waals surface area contributed by atoms with Crippen molar-refractivity contribution >= 4 is 11.8 Å². The highest BCUT2D eigenvalue weighted by Gasteiger charge is 2.25. The molecule has 1 heterocycles. The highest BCUT2D eigenvalue weighted by Crippen LogP contribution is 2.22. The molecule has 0 aliphatic carbocycles. The SMILES string of the molecule is CCCN(C(=O)CCNC(=O)c1ccc(C(C)(C)C)cc1)C1CCNC1. The number of carbonyl (C=O) groups excluding carboxylic acids is 2. The Balaban J connectivity index is 1.83. The first-order valence-electron chi connectivity index (χ1n) is 9.72. The maximum Gasteiger partial charge on any atom is 0.251 e. The van der Waals surface area contributed by atoms with E-state index in [1.165, 1.54) is 5.56 Å². The van der Waals surface area contributed by atoms with E-state index in [2.05, 4.69) is 38.3 Å². The minimum absolute atomic E-state index is 0.0687. The van der Waals surface area contributed by atoms with Crippen molar-refractivity contribution in [1.29, 1.82) is 0 Å². The first-order chi connectivity index (χ1) is 12.3. The predicted octanol–water partition coefficient (Wildman–Crippen LogP) is 2.70. The van der Waals surface area contributed by atoms with E-state index in [9.17, 15) is 9.59 Å². The van der Waals surface area contributed by atoms with Crippen LogP contribution in [0.25, 0.3) is 0 Å². The highest BCUT2D eigenvalue weighted by molar-refractivity contribution is 5.94. The topological polar surface area (TPSA) is 61.4 Å². The Kier molecular flexibility index (Phi) is 7.21. The van der Waals surface area contributed by atoms with Crippen LogP contribution in [0.15, 0.2) is 24.3 Å². The summed E-state index contributed by atoms with van der Waals surface area (Å²) in [5, 5.41) is 6.19. The van der Waals surface area contributed by atoms with E-state index in [1.807, 2.05) is 29.2 Å². The van der Waals surface area contributed by atoms with Gasteiger partial charge in [0.05, 0.1) is 0 Å². The fourth-order valence-electron chi connectivity index (χ4n) is 3.31. The second kappa shape index (κ2) is 9.17. The fourth-order valence-corrected chi connectivity index (χ4v) is 3.31. The van der Waals surface area contributed by atoms with Gasteiger partial charge in [-0.15, -0.1) is 0 Å². The molecule has 2 amide bonds. The minimum atomic E-state index is -0.122. The molecule has 2 N–H and O–H groups in total. The fraction of sp³-hybridized carbons (Fsp3) is 0.619. The van der Waals surface area contributed by atoms with Gasteiger partial charge >= 0.3 is 0 Å². The summed E-state index contributed by atoms with van der Waals surface area (Å²) in [6.07, 6.45) is 2.31. The number of benzene rings is 1. The summed E-state index contributed by atoms with van der Waals surface area (Å²) in [6, 6.07) is 7.99. The molecular formula is C21H33N3O2. The van der Waals surface area contributed by atoms with Gasteiger partial charge in [-0.25, -0.2) is 0 Å². The van der Waals surface area contributed by atoms with Gasteiger partial charge in [-0.1, -0.05) is 39.8 Å². The maximum atomic E-state index is 12.5. The third kappa shape index (κ3) is 5.56. The molecule has 0 radical (unpaired) electrons. The van der Waals surface area contributed by atoms with Crippen LogP contribution in [-0.4, -0.2) is 48.9 Å². The molecule has 0 aromatic heterocycles. The number of nitrogens with one attached hydrogen (secondary N) is 2. The number of carbonyl (C=O) groups is 2. The molecule has 0 spiro atoms. The number of hydrogen-bond acceptors (Lipinski definition) is 3. The maximum absolute atomic E-state index is 12.5. The molecule has 1 unspecified atom stereocenters. The van der Waals surface area contributed by atoms with Crippen molar-refractivity contribution in [3.63, 3.8) is 0 Å². The van der Waals surface area contributed by atoms with Crippen LogP contribution in [0.3, 0.4) is 0 Å². The van der Waals surface area contributed by atoms with Crippen molar-refractivity contribution < 1.29 is 9.59 Å². The van der Waals surface area contributed by atoms with E-state index >= 15 is 0 Å². The molecular weight excluding hydrogens is 326 g/mol. The van der Waals surface area contributed by atoms with E-state index < -0.39 is 0 Å². The van der Waals surface area contributed by atoms with Crippen LogP contribution in [0, 0.1) is 0 Å². The van der Waals surface area contributed by atoms with Crippen LogP contribution >= 0.6 is 0 Å². The summed E-state index contributed by atoms with van der Waals surface area (Å²) in [5.41, 5.74) is 1.90. The van der Waals surface area contributed by atoms with Gasteiger partial charge in [0, 0.05) is 37.7 Å². The third-order valence-corrected chi connectivity index (χ3v) is 4.90. The van der Waals surface area contributed by atoms with Gasteiger partial charge in [0.25, 0.3) is 5.91 Å². The summed E-state index contributed by atoms with van der Waals surface area (Å²) < 4.78 is 0. The lowest BCUT2D eigenvalue weighted by atomic mass is 9.87. The first-order valence-corrected chi connectivity index (χ1v) is 9.72. The molecule has 1 atom stereocenters. The molecule has 144 valence electrons. The van der Waals surface area contributed by atoms with Gasteiger partial charge in [-0.2, -0.15) is 0 Å². The van der Waals surface area contributed by atoms with E-state index in [1.54, 1.807) is 0 Å². The Morgan fingerprint density at radius 3 is 2.46 bits per heavy atom. The second-order valence-electron chi connectivity index (χ2n) is 8.07. The number of nitrogens with zero attached hydrogens (tertiary/aromatic N) is 1.